The highest BCUT2D eigenvalue weighted by Crippen LogP contribution is 1.30. The maximum Gasteiger partial charge on any atom is 0.0402 e. The lowest BCUT2D eigenvalue weighted by Crippen LogP contribution is -1.57. The van der Waals surface area contributed by atoms with Crippen LogP contribution in [0.15, 0.2) is 0 Å². The van der Waals surface area contributed by atoms with E-state index >= 15 is 0 Å². The molecule has 0 bridgehead atoms. The van der Waals surface area contributed by atoms with Gasteiger partial charge in [-0.05, 0) is 19.1 Å². The molecule has 0 aliphatic rings. The van der Waals surface area contributed by atoms with Crippen LogP contribution in [0.3, 0.4) is 0 Å². The zero-order valence-electron chi connectivity index (χ0n) is 4.87. The average molecular weight is 130 g/mol. The van der Waals surface area contributed by atoms with Crippen molar-refractivity contribution in [2.75, 3.05) is 6.61 Å². The van der Waals surface area contributed by atoms with Crippen molar-refractivity contribution in [2.45, 2.75) is 6.92 Å². The van der Waals surface area contributed by atoms with Gasteiger partial charge >= 0.3 is 0 Å². The highest BCUT2D eigenvalue weighted by Gasteiger charge is 1.34. The largest absolute Gasteiger partial charge is 0.724 e. The summed E-state index contributed by atoms with van der Waals surface area (Å²) in [5.41, 5.74) is 0. The molecule has 5 nitrogen and oxygen atoms in total. The Morgan fingerprint density at radius 3 is 1.33 bits per heavy atom. The van der Waals surface area contributed by atoms with Crippen molar-refractivity contribution in [2.24, 2.45) is 0 Å². The second-order valence-corrected chi connectivity index (χ2v) is 0.499. The molecular formula is C4H6N2O3-2. The summed E-state index contributed by atoms with van der Waals surface area (Å²) in [6.07, 6.45) is 1.00. The van der Waals surface area contributed by atoms with Crippen molar-refractivity contribution in [1.82, 2.24) is 0 Å². The lowest BCUT2D eigenvalue weighted by molar-refractivity contribution is 0.318. The van der Waals surface area contributed by atoms with Gasteiger partial charge in [-0.3, -0.25) is 9.59 Å². The second kappa shape index (κ2) is 74.3. The van der Waals surface area contributed by atoms with E-state index in [-0.39, 0.29) is 6.61 Å². The maximum absolute atomic E-state index is 8.24. The third kappa shape index (κ3) is 91.4. The highest BCUT2D eigenvalue weighted by atomic mass is 16.2. The molecule has 0 amide bonds. The zero-order chi connectivity index (χ0) is 8.12. The van der Waals surface area contributed by atoms with E-state index in [0.29, 0.717) is 12.2 Å². The van der Waals surface area contributed by atoms with Gasteiger partial charge in [0.25, 0.3) is 0 Å². The van der Waals surface area contributed by atoms with Crippen LogP contribution in [0.5, 0.6) is 0 Å². The summed E-state index contributed by atoms with van der Waals surface area (Å²) in [6.45, 7) is 1.93. The molecule has 0 aliphatic carbocycles. The molecular weight excluding hydrogens is 124 g/mol. The minimum Gasteiger partial charge on any atom is -0.724 e. The summed E-state index contributed by atoms with van der Waals surface area (Å²) in [7, 11) is 0. The SMILES string of the molecule is CCO.[N-]=C=O.[N-]=C=O. The van der Waals surface area contributed by atoms with E-state index in [1.165, 1.54) is 0 Å². The van der Waals surface area contributed by atoms with Gasteiger partial charge in [-0.2, -0.15) is 0 Å². The highest BCUT2D eigenvalue weighted by molar-refractivity contribution is 5.37. The van der Waals surface area contributed by atoms with Gasteiger partial charge in [0.05, 0.1) is 0 Å². The number of aliphatic hydroxyl groups is 1. The maximum atomic E-state index is 8.24. The van der Waals surface area contributed by atoms with Gasteiger partial charge in [-0.1, -0.05) is 0 Å². The van der Waals surface area contributed by atoms with E-state index in [0.717, 1.165) is 0 Å². The van der Waals surface area contributed by atoms with E-state index in [2.05, 4.69) is 0 Å². The molecule has 0 aromatic carbocycles. The quantitative estimate of drug-likeness (QED) is 0.362. The van der Waals surface area contributed by atoms with E-state index in [4.69, 9.17) is 25.5 Å². The Hall–Kier alpha value is -1.28. The summed E-state index contributed by atoms with van der Waals surface area (Å²) in [6, 6.07) is 0. The molecule has 0 unspecified atom stereocenters. The predicted molar refractivity (Wildman–Crippen MR) is 30.9 cm³/mol. The Morgan fingerprint density at radius 1 is 1.33 bits per heavy atom. The number of carbonyl (C=O) groups excluding carboxylic acids is 2. The smallest absolute Gasteiger partial charge is 0.0402 e. The van der Waals surface area contributed by atoms with Crippen LogP contribution in [0.25, 0.3) is 10.8 Å². The number of hydrogen-bond donors (Lipinski definition) is 1. The molecule has 0 rings (SSSR count). The van der Waals surface area contributed by atoms with Crippen molar-refractivity contribution in [3.63, 3.8) is 0 Å². The van der Waals surface area contributed by atoms with Crippen molar-refractivity contribution in [3.8, 4) is 0 Å². The van der Waals surface area contributed by atoms with E-state index < -0.39 is 0 Å². The predicted octanol–water partition coefficient (Wildman–Crippen LogP) is -0.218. The summed E-state index contributed by atoms with van der Waals surface area (Å²) in [5.74, 6) is 0. The molecule has 0 heterocycles. The molecule has 0 aromatic heterocycles. The molecule has 52 valence electrons. The van der Waals surface area contributed by atoms with E-state index in [1.54, 1.807) is 6.92 Å². The molecule has 0 spiro atoms. The Labute approximate surface area is 52.3 Å². The average Bonchev–Trinajstić information content (AvgIpc) is 1.70. The number of aliphatic hydroxyl groups excluding tert-OH is 1. The van der Waals surface area contributed by atoms with Crippen LogP contribution in [0.4, 0.5) is 0 Å². The fourth-order valence-electron chi connectivity index (χ4n) is 0. The van der Waals surface area contributed by atoms with Gasteiger partial charge in [0.15, 0.2) is 0 Å². The number of rotatable bonds is 0. The zero-order valence-corrected chi connectivity index (χ0v) is 4.87. The van der Waals surface area contributed by atoms with Crippen LogP contribution < -0.4 is 0 Å². The molecule has 0 atom stereocenters. The van der Waals surface area contributed by atoms with Gasteiger partial charge in [0.2, 0.25) is 0 Å². The summed E-state index contributed by atoms with van der Waals surface area (Å²) < 4.78 is 0. The summed E-state index contributed by atoms with van der Waals surface area (Å²) >= 11 is 0. The van der Waals surface area contributed by atoms with Crippen molar-refractivity contribution in [1.29, 1.82) is 0 Å². The normalized spacial score (nSPS) is 3.78. The topological polar surface area (TPSA) is 99.0 Å². The summed E-state index contributed by atoms with van der Waals surface area (Å²) in [4.78, 5) is 16.5. The Balaban J connectivity index is -0.0000000600. The minimum atomic E-state index is 0.250. The molecule has 0 radical (unpaired) electrons. The third-order valence-electron chi connectivity index (χ3n) is 0. The Bertz CT molecular complexity index is 78.0. The lowest BCUT2D eigenvalue weighted by Gasteiger charge is -1.52. The van der Waals surface area contributed by atoms with Crippen molar-refractivity contribution >= 4 is 12.2 Å². The third-order valence-corrected chi connectivity index (χ3v) is 0. The number of isocyanates is 2. The molecule has 0 saturated heterocycles. The first kappa shape index (κ1) is 15.6. The molecule has 9 heavy (non-hydrogen) atoms. The first-order chi connectivity index (χ1) is 4.24. The first-order valence-corrected chi connectivity index (χ1v) is 1.88. The van der Waals surface area contributed by atoms with Crippen LogP contribution >= 0.6 is 0 Å². The monoisotopic (exact) mass is 130 g/mol. The van der Waals surface area contributed by atoms with E-state index in [9.17, 15) is 0 Å². The van der Waals surface area contributed by atoms with Crippen LogP contribution in [-0.4, -0.2) is 23.9 Å². The second-order valence-electron chi connectivity index (χ2n) is 0.499. The van der Waals surface area contributed by atoms with Crippen LogP contribution in [-0.2, 0) is 9.59 Å². The first-order valence-electron chi connectivity index (χ1n) is 1.88. The lowest BCUT2D eigenvalue weighted by atomic mass is 10.9. The molecule has 0 aromatic rings. The molecule has 0 fully saturated rings. The van der Waals surface area contributed by atoms with Gasteiger partial charge in [0, 0.05) is 6.61 Å². The minimum absolute atomic E-state index is 0.250. The molecule has 0 aliphatic heterocycles. The Kier molecular flexibility index (Phi) is 129. The number of nitrogens with zero attached hydrogens (tertiary/aromatic N) is 2. The van der Waals surface area contributed by atoms with Gasteiger partial charge in [0.1, 0.15) is 0 Å². The fourth-order valence-corrected chi connectivity index (χ4v) is 0. The standard InChI is InChI=1S/C2H6O.2CNO/c1-2-3;2*2-1-3/h3H,2H2,1H3;;/q;2*-1. The Morgan fingerprint density at radius 2 is 1.33 bits per heavy atom. The van der Waals surface area contributed by atoms with Crippen LogP contribution in [0, 0.1) is 0 Å². The number of hydrogen-bond acceptors (Lipinski definition) is 3. The van der Waals surface area contributed by atoms with Gasteiger partial charge in [-0.15, -0.1) is 0 Å². The van der Waals surface area contributed by atoms with E-state index in [1.807, 2.05) is 0 Å². The van der Waals surface area contributed by atoms with Crippen LogP contribution in [0.2, 0.25) is 0 Å². The molecule has 1 N–H and O–H groups in total. The summed E-state index contributed by atoms with van der Waals surface area (Å²) in [5, 5.41) is 21.1. The van der Waals surface area contributed by atoms with Crippen molar-refractivity contribution < 1.29 is 14.7 Å². The van der Waals surface area contributed by atoms with Crippen LogP contribution in [0.1, 0.15) is 6.92 Å². The fraction of sp³-hybridized carbons (Fsp3) is 0.500. The van der Waals surface area contributed by atoms with Crippen molar-refractivity contribution in [3.05, 3.63) is 10.8 Å². The molecule has 5 heteroatoms. The molecule has 0 saturated carbocycles. The van der Waals surface area contributed by atoms with Gasteiger partial charge < -0.3 is 15.9 Å². The van der Waals surface area contributed by atoms with Gasteiger partial charge in [-0.25, -0.2) is 0 Å².